The molecule has 0 aliphatic rings. The summed E-state index contributed by atoms with van der Waals surface area (Å²) < 4.78 is 34.8. The first kappa shape index (κ1) is 84.4. The minimum atomic E-state index is -4.40. The third-order valence-electron chi connectivity index (χ3n) is 15.5. The molecule has 2 atom stereocenters. The lowest BCUT2D eigenvalue weighted by atomic mass is 10.0. The summed E-state index contributed by atoms with van der Waals surface area (Å²) in [6, 6.07) is 0. The zero-order valence-electron chi connectivity index (χ0n) is 57.7. The van der Waals surface area contributed by atoms with Crippen LogP contribution in [0.5, 0.6) is 0 Å². The van der Waals surface area contributed by atoms with Crippen LogP contribution in [0.3, 0.4) is 0 Å². The lowest BCUT2D eigenvalue weighted by Crippen LogP contribution is -2.37. The van der Waals surface area contributed by atoms with Crippen LogP contribution < -0.4 is 0 Å². The van der Waals surface area contributed by atoms with Gasteiger partial charge in [0.2, 0.25) is 0 Å². The number of hydrogen-bond donors (Lipinski definition) is 1. The van der Waals surface area contributed by atoms with Crippen molar-refractivity contribution in [2.24, 2.45) is 0 Å². The molecule has 10 heteroatoms. The maximum atomic E-state index is 12.9. The highest BCUT2D eigenvalue weighted by atomic mass is 31.2. The van der Waals surface area contributed by atoms with Crippen molar-refractivity contribution in [1.82, 2.24) is 0 Å². The van der Waals surface area contributed by atoms with Crippen LogP contribution in [0.25, 0.3) is 0 Å². The third-order valence-corrected chi connectivity index (χ3v) is 16.5. The molecule has 0 aliphatic heterocycles. The second-order valence-electron chi connectivity index (χ2n) is 25.2. The number of unbranched alkanes of at least 4 members (excludes halogenated alkanes) is 32. The maximum absolute atomic E-state index is 12.9. The van der Waals surface area contributed by atoms with E-state index in [1.54, 1.807) is 0 Å². The van der Waals surface area contributed by atoms with Crippen molar-refractivity contribution in [2.75, 3.05) is 47.5 Å². The fourth-order valence-corrected chi connectivity index (χ4v) is 10.8. The third kappa shape index (κ3) is 71.5. The van der Waals surface area contributed by atoms with Gasteiger partial charge in [0.1, 0.15) is 19.8 Å². The van der Waals surface area contributed by atoms with Gasteiger partial charge >= 0.3 is 19.8 Å². The number of rotatable bonds is 66. The number of ether oxygens (including phenoxy) is 2. The standard InChI is InChI=1S/C78H136NO8P/c1-6-8-10-12-14-16-18-20-22-24-26-28-30-32-34-36-37-38-39-40-41-43-45-47-49-51-53-55-57-59-61-63-65-67-69-71-78(81)87-76(75-86-88(82,83)85-73-72-79(3,4)5)74-84-77(80)70-68-66-64-62-60-58-56-54-52-50-48-46-44-42-35-33-31-29-27-25-23-21-19-17-15-13-11-9-7-2/h8-11,14-17,20-23,26-29,32,34,37-38,76H,6-7,12-13,18-19,24-25,30-31,33,35-36,39-75H2,1-5H3/p+1/b10-8-,11-9-,16-14-,17-15-,22-20-,23-21-,28-26-,29-27-,34-32-,38-37-. The van der Waals surface area contributed by atoms with Gasteiger partial charge in [0.05, 0.1) is 27.7 Å². The van der Waals surface area contributed by atoms with E-state index in [0.717, 1.165) is 103 Å². The lowest BCUT2D eigenvalue weighted by Gasteiger charge is -2.24. The summed E-state index contributed by atoms with van der Waals surface area (Å²) in [5.74, 6) is -0.790. The molecule has 9 nitrogen and oxygen atoms in total. The van der Waals surface area contributed by atoms with Crippen LogP contribution in [0.15, 0.2) is 122 Å². The first-order valence-corrected chi connectivity index (χ1v) is 37.8. The summed E-state index contributed by atoms with van der Waals surface area (Å²) in [5.41, 5.74) is 0. The summed E-state index contributed by atoms with van der Waals surface area (Å²) in [6.07, 6.45) is 97.4. The van der Waals surface area contributed by atoms with E-state index in [4.69, 9.17) is 18.5 Å². The van der Waals surface area contributed by atoms with Crippen LogP contribution in [0.4, 0.5) is 0 Å². The van der Waals surface area contributed by atoms with Crippen molar-refractivity contribution >= 4 is 19.8 Å². The molecule has 0 fully saturated rings. The number of esters is 2. The fourth-order valence-electron chi connectivity index (χ4n) is 10.0. The number of carbonyl (C=O) groups excluding carboxylic acids is 2. The van der Waals surface area contributed by atoms with E-state index < -0.39 is 26.5 Å². The Labute approximate surface area is 543 Å². The fraction of sp³-hybridized carbons (Fsp3) is 0.718. The van der Waals surface area contributed by atoms with E-state index in [2.05, 4.69) is 135 Å². The molecule has 88 heavy (non-hydrogen) atoms. The van der Waals surface area contributed by atoms with Gasteiger partial charge in [-0.1, -0.05) is 315 Å². The first-order valence-electron chi connectivity index (χ1n) is 36.3. The predicted molar refractivity (Wildman–Crippen MR) is 381 cm³/mol. The number of hydrogen-bond acceptors (Lipinski definition) is 7. The number of phosphoric ester groups is 1. The SMILES string of the molecule is CC/C=C\C/C=C\C/C=C\C/C=C\C/C=C\C/C=C\CCCCCCCCCCCCCCCCCCC(=O)OC(COC(=O)CCCCCCCCCCCCCCCCCC/C=C\C/C=C\C/C=C\C/C=C\CC)COP(=O)(O)OCC[N+](C)(C)C. The molecule has 506 valence electrons. The number of carbonyl (C=O) groups is 2. The highest BCUT2D eigenvalue weighted by Crippen LogP contribution is 2.43. The number of quaternary nitrogens is 1. The van der Waals surface area contributed by atoms with E-state index in [0.29, 0.717) is 17.4 Å². The topological polar surface area (TPSA) is 108 Å². The Bertz CT molecular complexity index is 1900. The van der Waals surface area contributed by atoms with Crippen LogP contribution in [0.2, 0.25) is 0 Å². The van der Waals surface area contributed by atoms with Crippen molar-refractivity contribution in [2.45, 2.75) is 315 Å². The zero-order chi connectivity index (χ0) is 64.1. The molecule has 0 amide bonds. The first-order chi connectivity index (χ1) is 43.0. The molecule has 0 rings (SSSR count). The highest BCUT2D eigenvalue weighted by molar-refractivity contribution is 7.47. The van der Waals surface area contributed by atoms with Crippen molar-refractivity contribution in [3.05, 3.63) is 122 Å². The van der Waals surface area contributed by atoms with Gasteiger partial charge in [-0.05, 0) is 103 Å². The molecule has 0 aliphatic carbocycles. The quantitative estimate of drug-likeness (QED) is 0.0211. The largest absolute Gasteiger partial charge is 0.472 e. The van der Waals surface area contributed by atoms with Crippen LogP contribution in [0, 0.1) is 0 Å². The number of allylic oxidation sites excluding steroid dienone is 20. The Morgan fingerprint density at radius 1 is 0.352 bits per heavy atom. The molecule has 0 spiro atoms. The molecule has 0 aromatic rings. The average molecular weight is 1250 g/mol. The molecular weight excluding hydrogens is 1110 g/mol. The van der Waals surface area contributed by atoms with E-state index >= 15 is 0 Å². The van der Waals surface area contributed by atoms with E-state index in [-0.39, 0.29) is 32.0 Å². The zero-order valence-corrected chi connectivity index (χ0v) is 58.6. The minimum Gasteiger partial charge on any atom is -0.462 e. The molecular formula is C78H137NO8P+. The molecule has 0 radical (unpaired) electrons. The number of likely N-dealkylation sites (N-methyl/N-ethyl adjacent to an activating group) is 1. The Morgan fingerprint density at radius 3 is 0.909 bits per heavy atom. The van der Waals surface area contributed by atoms with Gasteiger partial charge in [-0.25, -0.2) is 4.57 Å². The van der Waals surface area contributed by atoms with Gasteiger partial charge in [0.25, 0.3) is 0 Å². The summed E-state index contributed by atoms with van der Waals surface area (Å²) in [4.78, 5) is 35.9. The number of nitrogens with zero attached hydrogens (tertiary/aromatic N) is 1. The Balaban J connectivity index is 4.02. The monoisotopic (exact) mass is 1250 g/mol. The molecule has 0 aromatic carbocycles. The Morgan fingerprint density at radius 2 is 0.614 bits per heavy atom. The van der Waals surface area contributed by atoms with Crippen molar-refractivity contribution in [1.29, 1.82) is 0 Å². The summed E-state index contributed by atoms with van der Waals surface area (Å²) in [6.45, 7) is 4.24. The number of phosphoric acid groups is 1. The normalized spacial score (nSPS) is 13.8. The molecule has 2 unspecified atom stereocenters. The molecule has 1 N–H and O–H groups in total. The highest BCUT2D eigenvalue weighted by Gasteiger charge is 2.27. The van der Waals surface area contributed by atoms with Gasteiger partial charge in [-0.15, -0.1) is 0 Å². The van der Waals surface area contributed by atoms with Gasteiger partial charge < -0.3 is 18.9 Å². The second kappa shape index (κ2) is 67.8. The van der Waals surface area contributed by atoms with Crippen molar-refractivity contribution < 1.29 is 42.1 Å². The lowest BCUT2D eigenvalue weighted by molar-refractivity contribution is -0.870. The average Bonchev–Trinajstić information content (AvgIpc) is 3.57. The van der Waals surface area contributed by atoms with E-state index in [1.807, 2.05) is 21.1 Å². The molecule has 0 saturated heterocycles. The van der Waals surface area contributed by atoms with Crippen LogP contribution in [0.1, 0.15) is 309 Å². The molecule has 0 heterocycles. The van der Waals surface area contributed by atoms with Gasteiger partial charge in [0.15, 0.2) is 6.10 Å². The van der Waals surface area contributed by atoms with Crippen LogP contribution in [-0.4, -0.2) is 74.9 Å². The molecule has 0 saturated carbocycles. The molecule has 0 bridgehead atoms. The Kier molecular flexibility index (Phi) is 65.0. The van der Waals surface area contributed by atoms with Gasteiger partial charge in [-0.3, -0.25) is 18.6 Å². The summed E-state index contributed by atoms with van der Waals surface area (Å²) in [7, 11) is 1.48. The van der Waals surface area contributed by atoms with Crippen LogP contribution >= 0.6 is 7.82 Å². The second-order valence-corrected chi connectivity index (χ2v) is 26.7. The van der Waals surface area contributed by atoms with Gasteiger partial charge in [0, 0.05) is 12.8 Å². The minimum absolute atomic E-state index is 0.0288. The van der Waals surface area contributed by atoms with Gasteiger partial charge in [-0.2, -0.15) is 0 Å². The predicted octanol–water partition coefficient (Wildman–Crippen LogP) is 23.8. The Hall–Kier alpha value is -3.59. The van der Waals surface area contributed by atoms with Crippen molar-refractivity contribution in [3.63, 3.8) is 0 Å². The van der Waals surface area contributed by atoms with Crippen LogP contribution in [-0.2, 0) is 32.7 Å². The maximum Gasteiger partial charge on any atom is 0.472 e. The van der Waals surface area contributed by atoms with E-state index in [9.17, 15) is 19.0 Å². The smallest absolute Gasteiger partial charge is 0.462 e. The molecule has 0 aromatic heterocycles. The summed E-state index contributed by atoms with van der Waals surface area (Å²) >= 11 is 0. The van der Waals surface area contributed by atoms with E-state index in [1.165, 1.54) is 173 Å². The summed E-state index contributed by atoms with van der Waals surface area (Å²) in [5, 5.41) is 0. The van der Waals surface area contributed by atoms with Crippen molar-refractivity contribution in [3.8, 4) is 0 Å².